The average molecular weight is 221 g/mol. The molecule has 0 amide bonds. The third kappa shape index (κ3) is 2.07. The van der Waals surface area contributed by atoms with Crippen molar-refractivity contribution in [3.63, 3.8) is 0 Å². The first kappa shape index (κ1) is 11.9. The number of carbonyl (C=O) groups excluding carboxylic acids is 1. The van der Waals surface area contributed by atoms with Gasteiger partial charge in [0.05, 0.1) is 25.5 Å². The van der Waals surface area contributed by atoms with Gasteiger partial charge in [0.1, 0.15) is 11.5 Å². The molecule has 1 aromatic carbocycles. The van der Waals surface area contributed by atoms with Gasteiger partial charge < -0.3 is 9.47 Å². The number of ketones is 1. The monoisotopic (exact) mass is 221 g/mol. The summed E-state index contributed by atoms with van der Waals surface area (Å²) in [5.74, 6) is 0.442. The molecule has 0 aliphatic carbocycles. The Labute approximate surface area is 92.4 Å². The van der Waals surface area contributed by atoms with Crippen LogP contribution in [-0.2, 0) is 0 Å². The number of methoxy groups -OCH3 is 2. The molecule has 1 rings (SSSR count). The van der Waals surface area contributed by atoms with Gasteiger partial charge in [-0.2, -0.15) is 0 Å². The molecule has 0 radical (unpaired) electrons. The summed E-state index contributed by atoms with van der Waals surface area (Å²) in [5.41, 5.74) is 8.83. The molecular formula is C10H11N3O3. The normalized spacial score (nSPS) is 9.19. The highest BCUT2D eigenvalue weighted by Crippen LogP contribution is 2.37. The second-order valence-electron chi connectivity index (χ2n) is 2.94. The van der Waals surface area contributed by atoms with Crippen LogP contribution < -0.4 is 9.47 Å². The van der Waals surface area contributed by atoms with Crippen molar-refractivity contribution in [1.82, 2.24) is 0 Å². The molecule has 1 aromatic rings. The Bertz CT molecular complexity index is 436. The Balaban J connectivity index is 3.59. The van der Waals surface area contributed by atoms with E-state index in [9.17, 15) is 4.79 Å². The Kier molecular flexibility index (Phi) is 3.74. The smallest absolute Gasteiger partial charge is 0.164 e. The average Bonchev–Trinajstić information content (AvgIpc) is 2.28. The number of carbonyl (C=O) groups is 1. The van der Waals surface area contributed by atoms with Crippen LogP contribution in [0.4, 0.5) is 5.69 Å². The molecular weight excluding hydrogens is 210 g/mol. The van der Waals surface area contributed by atoms with Gasteiger partial charge in [0.15, 0.2) is 5.78 Å². The van der Waals surface area contributed by atoms with Crippen molar-refractivity contribution < 1.29 is 14.3 Å². The number of rotatable bonds is 4. The second kappa shape index (κ2) is 5.04. The van der Waals surface area contributed by atoms with Crippen molar-refractivity contribution in [3.8, 4) is 11.5 Å². The highest BCUT2D eigenvalue weighted by atomic mass is 16.5. The quantitative estimate of drug-likeness (QED) is 0.339. The zero-order valence-electron chi connectivity index (χ0n) is 9.22. The van der Waals surface area contributed by atoms with E-state index in [1.807, 2.05) is 0 Å². The molecule has 16 heavy (non-hydrogen) atoms. The summed E-state index contributed by atoms with van der Waals surface area (Å²) < 4.78 is 10.0. The van der Waals surface area contributed by atoms with Crippen LogP contribution >= 0.6 is 0 Å². The fraction of sp³-hybridized carbons (Fsp3) is 0.300. The third-order valence-electron chi connectivity index (χ3n) is 2.04. The zero-order chi connectivity index (χ0) is 12.1. The van der Waals surface area contributed by atoms with Gasteiger partial charge in [-0.3, -0.25) is 4.79 Å². The number of hydrogen-bond acceptors (Lipinski definition) is 4. The van der Waals surface area contributed by atoms with E-state index in [0.717, 1.165) is 0 Å². The van der Waals surface area contributed by atoms with Gasteiger partial charge in [0, 0.05) is 4.91 Å². The molecule has 0 aromatic heterocycles. The van der Waals surface area contributed by atoms with E-state index in [-0.39, 0.29) is 17.0 Å². The Morgan fingerprint density at radius 3 is 2.31 bits per heavy atom. The number of nitrogens with zero attached hydrogens (tertiary/aromatic N) is 3. The standard InChI is InChI=1S/C10H11N3O3/c1-6(14)9-7(15-2)4-5-8(16-3)10(9)12-13-11/h4-5H,1-3H3. The summed E-state index contributed by atoms with van der Waals surface area (Å²) in [4.78, 5) is 14.1. The van der Waals surface area contributed by atoms with E-state index in [4.69, 9.17) is 15.0 Å². The van der Waals surface area contributed by atoms with Crippen molar-refractivity contribution in [2.24, 2.45) is 5.11 Å². The minimum Gasteiger partial charge on any atom is -0.496 e. The number of azide groups is 1. The summed E-state index contributed by atoms with van der Waals surface area (Å²) >= 11 is 0. The molecule has 0 aliphatic heterocycles. The minimum absolute atomic E-state index is 0.150. The summed E-state index contributed by atoms with van der Waals surface area (Å²) in [6.45, 7) is 1.37. The molecule has 0 saturated carbocycles. The SMILES string of the molecule is COc1ccc(OC)c(C(C)=O)c1N=[N+]=[N-]. The van der Waals surface area contributed by atoms with Crippen molar-refractivity contribution >= 4 is 11.5 Å². The van der Waals surface area contributed by atoms with Gasteiger partial charge in [-0.15, -0.1) is 0 Å². The molecule has 0 saturated heterocycles. The van der Waals surface area contributed by atoms with Gasteiger partial charge in [-0.05, 0) is 24.6 Å². The largest absolute Gasteiger partial charge is 0.496 e. The summed E-state index contributed by atoms with van der Waals surface area (Å²) in [5, 5.41) is 3.46. The second-order valence-corrected chi connectivity index (χ2v) is 2.94. The van der Waals surface area contributed by atoms with E-state index >= 15 is 0 Å². The molecule has 6 heteroatoms. The first-order chi connectivity index (χ1) is 7.65. The lowest BCUT2D eigenvalue weighted by Gasteiger charge is -2.11. The van der Waals surface area contributed by atoms with E-state index in [2.05, 4.69) is 10.0 Å². The van der Waals surface area contributed by atoms with Crippen LogP contribution in [0.25, 0.3) is 10.4 Å². The predicted molar refractivity (Wildman–Crippen MR) is 58.4 cm³/mol. The van der Waals surface area contributed by atoms with E-state index in [0.29, 0.717) is 11.5 Å². The van der Waals surface area contributed by atoms with Crippen molar-refractivity contribution in [2.75, 3.05) is 14.2 Å². The number of Topliss-reactive ketones (excluding diaryl/α,β-unsaturated/α-hetero) is 1. The van der Waals surface area contributed by atoms with E-state index < -0.39 is 0 Å². The summed E-state index contributed by atoms with van der Waals surface area (Å²) in [6, 6.07) is 3.17. The molecule has 0 spiro atoms. The van der Waals surface area contributed by atoms with Crippen molar-refractivity contribution in [1.29, 1.82) is 0 Å². The van der Waals surface area contributed by atoms with Crippen LogP contribution in [0.5, 0.6) is 11.5 Å². The fourth-order valence-electron chi connectivity index (χ4n) is 1.37. The summed E-state index contributed by atoms with van der Waals surface area (Å²) in [7, 11) is 2.87. The van der Waals surface area contributed by atoms with Crippen molar-refractivity contribution in [2.45, 2.75) is 6.92 Å². The highest BCUT2D eigenvalue weighted by Gasteiger charge is 2.17. The van der Waals surface area contributed by atoms with Gasteiger partial charge in [-0.1, -0.05) is 5.11 Å². The number of hydrogen-bond donors (Lipinski definition) is 0. The maximum Gasteiger partial charge on any atom is 0.164 e. The highest BCUT2D eigenvalue weighted by molar-refractivity contribution is 6.02. The van der Waals surface area contributed by atoms with Crippen LogP contribution in [0.15, 0.2) is 17.2 Å². The molecule has 0 unspecified atom stereocenters. The van der Waals surface area contributed by atoms with E-state index in [1.165, 1.54) is 21.1 Å². The lowest BCUT2D eigenvalue weighted by atomic mass is 10.1. The van der Waals surface area contributed by atoms with Gasteiger partial charge in [-0.25, -0.2) is 0 Å². The number of benzene rings is 1. The molecule has 6 nitrogen and oxygen atoms in total. The van der Waals surface area contributed by atoms with Crippen molar-refractivity contribution in [3.05, 3.63) is 28.1 Å². The lowest BCUT2D eigenvalue weighted by molar-refractivity contribution is 0.101. The molecule has 0 heterocycles. The Morgan fingerprint density at radius 1 is 1.31 bits per heavy atom. The first-order valence-electron chi connectivity index (χ1n) is 4.46. The predicted octanol–water partition coefficient (Wildman–Crippen LogP) is 2.85. The molecule has 0 N–H and O–H groups in total. The fourth-order valence-corrected chi connectivity index (χ4v) is 1.37. The molecule has 0 atom stereocenters. The third-order valence-corrected chi connectivity index (χ3v) is 2.04. The Hall–Kier alpha value is -2.20. The zero-order valence-corrected chi connectivity index (χ0v) is 9.22. The number of ether oxygens (including phenoxy) is 2. The first-order valence-corrected chi connectivity index (χ1v) is 4.46. The Morgan fingerprint density at radius 2 is 1.88 bits per heavy atom. The maximum atomic E-state index is 11.5. The molecule has 0 fully saturated rings. The van der Waals surface area contributed by atoms with Crippen LogP contribution in [0.1, 0.15) is 17.3 Å². The van der Waals surface area contributed by atoms with Crippen LogP contribution in [-0.4, -0.2) is 20.0 Å². The summed E-state index contributed by atoms with van der Waals surface area (Å²) in [6.07, 6.45) is 0. The lowest BCUT2D eigenvalue weighted by Crippen LogP contribution is -1.99. The van der Waals surface area contributed by atoms with Crippen LogP contribution in [0, 0.1) is 0 Å². The van der Waals surface area contributed by atoms with Gasteiger partial charge in [0.25, 0.3) is 0 Å². The van der Waals surface area contributed by atoms with Gasteiger partial charge in [0.2, 0.25) is 0 Å². The van der Waals surface area contributed by atoms with Crippen LogP contribution in [0.2, 0.25) is 0 Å². The molecule has 0 aliphatic rings. The minimum atomic E-state index is -0.252. The van der Waals surface area contributed by atoms with Crippen LogP contribution in [0.3, 0.4) is 0 Å². The molecule has 84 valence electrons. The van der Waals surface area contributed by atoms with Gasteiger partial charge >= 0.3 is 0 Å². The van der Waals surface area contributed by atoms with E-state index in [1.54, 1.807) is 12.1 Å². The topological polar surface area (TPSA) is 84.3 Å². The molecule has 0 bridgehead atoms. The maximum absolute atomic E-state index is 11.5.